The lowest BCUT2D eigenvalue weighted by molar-refractivity contribution is -0.138. The zero-order valence-corrected chi connectivity index (χ0v) is 19.7. The summed E-state index contributed by atoms with van der Waals surface area (Å²) < 4.78 is 75.7. The van der Waals surface area contributed by atoms with Crippen LogP contribution >= 0.6 is 39.5 Å². The maximum atomic E-state index is 12.7. The van der Waals surface area contributed by atoms with E-state index in [9.17, 15) is 35.9 Å². The molecule has 0 aliphatic carbocycles. The van der Waals surface area contributed by atoms with Crippen LogP contribution in [-0.4, -0.2) is 29.4 Å². The molecule has 0 bridgehead atoms. The molecule has 31 heavy (non-hydrogen) atoms. The number of rotatable bonds is 5. The molecule has 0 saturated heterocycles. The van der Waals surface area contributed by atoms with Crippen LogP contribution < -0.4 is 0 Å². The molecule has 0 spiro atoms. The molecular weight excluding hydrogens is 530 g/mol. The molecular formula is C20H17BrF6O2S2. The van der Waals surface area contributed by atoms with Gasteiger partial charge in [0.25, 0.3) is 0 Å². The van der Waals surface area contributed by atoms with Gasteiger partial charge in [0.05, 0.1) is 16.5 Å². The first-order chi connectivity index (χ1) is 14.3. The standard InChI is InChI=1S/C10H8BrF3OS.C10H9F3OS/c1-16-6-2-3-7(9(15)5-11)8(4-6)10(12,13)14;1-6(14)8-4-3-7(15-2)5-9(8)10(11,12)13/h2-4H,5H2,1H3;3-5H,1-2H3. The first-order valence-corrected chi connectivity index (χ1v) is 11.9. The van der Waals surface area contributed by atoms with Crippen LogP contribution in [0.25, 0.3) is 0 Å². The Morgan fingerprint density at radius 1 is 0.806 bits per heavy atom. The Kier molecular flexibility index (Phi) is 10.2. The van der Waals surface area contributed by atoms with Crippen molar-refractivity contribution >= 4 is 51.0 Å². The van der Waals surface area contributed by atoms with Gasteiger partial charge < -0.3 is 0 Å². The van der Waals surface area contributed by atoms with Gasteiger partial charge in [-0.15, -0.1) is 23.5 Å². The van der Waals surface area contributed by atoms with Crippen molar-refractivity contribution in [3.63, 3.8) is 0 Å². The summed E-state index contributed by atoms with van der Waals surface area (Å²) in [5.74, 6) is -1.14. The molecule has 0 fully saturated rings. The largest absolute Gasteiger partial charge is 0.417 e. The number of alkyl halides is 7. The fraction of sp³-hybridized carbons (Fsp3) is 0.300. The minimum atomic E-state index is -4.50. The summed E-state index contributed by atoms with van der Waals surface area (Å²) in [4.78, 5) is 23.3. The molecule has 11 heteroatoms. The second-order valence-corrected chi connectivity index (χ2v) is 8.25. The van der Waals surface area contributed by atoms with E-state index in [-0.39, 0.29) is 16.5 Å². The van der Waals surface area contributed by atoms with Crippen LogP contribution in [0.4, 0.5) is 26.3 Å². The molecule has 0 aromatic heterocycles. The zero-order chi connectivity index (χ0) is 24.0. The van der Waals surface area contributed by atoms with E-state index in [1.807, 2.05) is 0 Å². The van der Waals surface area contributed by atoms with Crippen molar-refractivity contribution in [3.05, 3.63) is 58.7 Å². The number of carbonyl (C=O) groups excluding carboxylic acids is 2. The van der Waals surface area contributed by atoms with Gasteiger partial charge in [0, 0.05) is 20.9 Å². The number of benzene rings is 2. The first kappa shape index (κ1) is 27.6. The second-order valence-electron chi connectivity index (χ2n) is 5.93. The Morgan fingerprint density at radius 3 is 1.52 bits per heavy atom. The average molecular weight is 547 g/mol. The molecule has 2 nitrogen and oxygen atoms in total. The normalized spacial score (nSPS) is 11.5. The lowest BCUT2D eigenvalue weighted by atomic mass is 10.0. The van der Waals surface area contributed by atoms with Crippen LogP contribution in [-0.2, 0) is 12.4 Å². The van der Waals surface area contributed by atoms with Crippen LogP contribution in [0, 0.1) is 0 Å². The third-order valence-corrected chi connectivity index (χ3v) is 5.83. The topological polar surface area (TPSA) is 34.1 Å². The molecule has 0 unspecified atom stereocenters. The predicted molar refractivity (Wildman–Crippen MR) is 115 cm³/mol. The molecule has 2 aromatic carbocycles. The smallest absolute Gasteiger partial charge is 0.294 e. The summed E-state index contributed by atoms with van der Waals surface area (Å²) in [6, 6.07) is 7.46. The van der Waals surface area contributed by atoms with Crippen LogP contribution in [0.15, 0.2) is 46.2 Å². The summed E-state index contributed by atoms with van der Waals surface area (Å²) in [6.45, 7) is 1.13. The third-order valence-electron chi connectivity index (χ3n) is 3.87. The molecule has 0 atom stereocenters. The highest BCUT2D eigenvalue weighted by Crippen LogP contribution is 2.35. The van der Waals surface area contributed by atoms with Crippen LogP contribution in [0.2, 0.25) is 0 Å². The van der Waals surface area contributed by atoms with E-state index in [0.29, 0.717) is 9.79 Å². The SMILES string of the molecule is CSc1ccc(C(=O)CBr)c(C(F)(F)F)c1.CSc1ccc(C(C)=O)c(C(F)(F)F)c1. The number of Topliss-reactive ketones (excluding diaryl/α,β-unsaturated/α-hetero) is 2. The monoisotopic (exact) mass is 546 g/mol. The highest BCUT2D eigenvalue weighted by atomic mass is 79.9. The summed E-state index contributed by atoms with van der Waals surface area (Å²) >= 11 is 5.28. The van der Waals surface area contributed by atoms with Gasteiger partial charge in [-0.1, -0.05) is 15.9 Å². The average Bonchev–Trinajstić information content (AvgIpc) is 2.71. The van der Waals surface area contributed by atoms with E-state index in [2.05, 4.69) is 15.9 Å². The first-order valence-electron chi connectivity index (χ1n) is 8.36. The number of hydrogen-bond acceptors (Lipinski definition) is 4. The van der Waals surface area contributed by atoms with Gasteiger partial charge in [-0.25, -0.2) is 0 Å². The van der Waals surface area contributed by atoms with Gasteiger partial charge in [0.1, 0.15) is 0 Å². The van der Waals surface area contributed by atoms with E-state index < -0.39 is 35.0 Å². The zero-order valence-electron chi connectivity index (χ0n) is 16.4. The summed E-state index contributed by atoms with van der Waals surface area (Å²) in [6.07, 6.45) is -5.62. The van der Waals surface area contributed by atoms with Crippen molar-refractivity contribution < 1.29 is 35.9 Å². The predicted octanol–water partition coefficient (Wildman–Crippen LogP) is 7.63. The summed E-state index contributed by atoms with van der Waals surface area (Å²) in [5, 5.41) is -0.116. The van der Waals surface area contributed by atoms with Crippen LogP contribution in [0.3, 0.4) is 0 Å². The van der Waals surface area contributed by atoms with Crippen molar-refractivity contribution in [1.29, 1.82) is 0 Å². The number of ketones is 2. The molecule has 0 aliphatic heterocycles. The molecule has 170 valence electrons. The van der Waals surface area contributed by atoms with Crippen molar-refractivity contribution in [2.75, 3.05) is 17.8 Å². The van der Waals surface area contributed by atoms with Crippen molar-refractivity contribution in [1.82, 2.24) is 0 Å². The van der Waals surface area contributed by atoms with E-state index in [1.54, 1.807) is 12.5 Å². The van der Waals surface area contributed by atoms with E-state index in [1.165, 1.54) is 47.8 Å². The Morgan fingerprint density at radius 2 is 1.19 bits per heavy atom. The number of halogens is 7. The number of hydrogen-bond donors (Lipinski definition) is 0. The van der Waals surface area contributed by atoms with Gasteiger partial charge in [0.15, 0.2) is 11.6 Å². The molecule has 2 rings (SSSR count). The lowest BCUT2D eigenvalue weighted by Gasteiger charge is -2.12. The van der Waals surface area contributed by atoms with Crippen molar-refractivity contribution in [2.24, 2.45) is 0 Å². The van der Waals surface area contributed by atoms with E-state index >= 15 is 0 Å². The molecule has 0 saturated carbocycles. The second kappa shape index (κ2) is 11.4. The van der Waals surface area contributed by atoms with Gasteiger partial charge in [-0.2, -0.15) is 26.3 Å². The minimum absolute atomic E-state index is 0.116. The molecule has 0 N–H and O–H groups in total. The van der Waals surface area contributed by atoms with Gasteiger partial charge in [-0.05, 0) is 55.8 Å². The summed E-state index contributed by atoms with van der Waals surface area (Å²) in [7, 11) is 0. The third kappa shape index (κ3) is 7.87. The molecule has 0 heterocycles. The van der Waals surface area contributed by atoms with Crippen LogP contribution in [0.1, 0.15) is 38.8 Å². The molecule has 0 amide bonds. The van der Waals surface area contributed by atoms with Gasteiger partial charge in [0.2, 0.25) is 0 Å². The molecule has 2 aromatic rings. The Bertz CT molecular complexity index is 942. The van der Waals surface area contributed by atoms with Crippen molar-refractivity contribution in [2.45, 2.75) is 29.1 Å². The van der Waals surface area contributed by atoms with Gasteiger partial charge in [-0.3, -0.25) is 9.59 Å². The molecule has 0 aliphatic rings. The number of thioether (sulfide) groups is 2. The Labute approximate surface area is 192 Å². The fourth-order valence-electron chi connectivity index (χ4n) is 2.39. The maximum Gasteiger partial charge on any atom is 0.417 e. The minimum Gasteiger partial charge on any atom is -0.294 e. The quantitative estimate of drug-likeness (QED) is 0.167. The van der Waals surface area contributed by atoms with Gasteiger partial charge >= 0.3 is 12.4 Å². The fourth-order valence-corrected chi connectivity index (χ4v) is 3.57. The maximum absolute atomic E-state index is 12.7. The van der Waals surface area contributed by atoms with E-state index in [4.69, 9.17) is 0 Å². The Hall–Kier alpha value is -1.46. The molecule has 0 radical (unpaired) electrons. The lowest BCUT2D eigenvalue weighted by Crippen LogP contribution is -2.13. The highest BCUT2D eigenvalue weighted by molar-refractivity contribution is 9.09. The van der Waals surface area contributed by atoms with Crippen LogP contribution in [0.5, 0.6) is 0 Å². The van der Waals surface area contributed by atoms with E-state index in [0.717, 1.165) is 19.1 Å². The number of carbonyl (C=O) groups is 2. The van der Waals surface area contributed by atoms with Crippen molar-refractivity contribution in [3.8, 4) is 0 Å². The Balaban J connectivity index is 0.000000311. The highest BCUT2D eigenvalue weighted by Gasteiger charge is 2.35. The summed E-state index contributed by atoms with van der Waals surface area (Å²) in [5.41, 5.74) is -2.30.